The van der Waals surface area contributed by atoms with E-state index in [1.165, 1.54) is 11.1 Å². The third-order valence-electron chi connectivity index (χ3n) is 6.70. The lowest BCUT2D eigenvalue weighted by molar-refractivity contribution is -0.0132. The van der Waals surface area contributed by atoms with Crippen LogP contribution in [0.1, 0.15) is 47.7 Å². The van der Waals surface area contributed by atoms with E-state index in [-0.39, 0.29) is 17.6 Å². The summed E-state index contributed by atoms with van der Waals surface area (Å²) in [5.74, 6) is -0.0903. The number of amides is 1. The van der Waals surface area contributed by atoms with E-state index < -0.39 is 0 Å². The monoisotopic (exact) mass is 415 g/mol. The maximum Gasteiger partial charge on any atom is 0.253 e. The van der Waals surface area contributed by atoms with Crippen molar-refractivity contribution >= 4 is 16.8 Å². The molecule has 0 bridgehead atoms. The van der Waals surface area contributed by atoms with Gasteiger partial charge in [-0.15, -0.1) is 0 Å². The third-order valence-corrected chi connectivity index (χ3v) is 6.70. The van der Waals surface area contributed by atoms with Gasteiger partial charge in [-0.3, -0.25) is 9.78 Å². The van der Waals surface area contributed by atoms with Gasteiger partial charge in [-0.1, -0.05) is 37.3 Å². The second kappa shape index (κ2) is 8.40. The van der Waals surface area contributed by atoms with E-state index in [2.05, 4.69) is 40.7 Å². The fraction of sp³-hybridized carbons (Fsp3) is 0.385. The number of hydrogen-bond donors (Lipinski definition) is 2. The smallest absolute Gasteiger partial charge is 0.253 e. The molecule has 1 saturated heterocycles. The van der Waals surface area contributed by atoms with Crippen molar-refractivity contribution in [2.45, 2.75) is 50.3 Å². The van der Waals surface area contributed by atoms with Crippen LogP contribution in [0.4, 0.5) is 0 Å². The summed E-state index contributed by atoms with van der Waals surface area (Å²) in [5.41, 5.74) is 3.95. The van der Waals surface area contributed by atoms with Gasteiger partial charge >= 0.3 is 0 Å². The number of pyridine rings is 1. The van der Waals surface area contributed by atoms with Crippen LogP contribution in [0.5, 0.6) is 0 Å². The Bertz CT molecular complexity index is 1070. The molecule has 0 spiro atoms. The van der Waals surface area contributed by atoms with Gasteiger partial charge in [0.25, 0.3) is 5.91 Å². The number of carbonyl (C=O) groups excluding carboxylic acids is 1. The van der Waals surface area contributed by atoms with E-state index in [0.29, 0.717) is 18.2 Å². The average molecular weight is 416 g/mol. The van der Waals surface area contributed by atoms with E-state index in [1.54, 1.807) is 0 Å². The van der Waals surface area contributed by atoms with Crippen molar-refractivity contribution in [3.63, 3.8) is 0 Å². The van der Waals surface area contributed by atoms with Gasteiger partial charge in [-0.2, -0.15) is 0 Å². The Morgan fingerprint density at radius 1 is 1.23 bits per heavy atom. The van der Waals surface area contributed by atoms with Gasteiger partial charge in [-0.25, -0.2) is 0 Å². The van der Waals surface area contributed by atoms with E-state index >= 15 is 0 Å². The van der Waals surface area contributed by atoms with Gasteiger partial charge in [0.05, 0.1) is 12.1 Å². The first-order chi connectivity index (χ1) is 15.2. The molecule has 2 N–H and O–H groups in total. The molecule has 1 aliphatic heterocycles. The molecule has 2 aromatic carbocycles. The summed E-state index contributed by atoms with van der Waals surface area (Å²) in [6.45, 7) is 3.81. The molecule has 160 valence electrons. The number of nitrogens with zero attached hydrogens (tertiary/aromatic N) is 1. The largest absolute Gasteiger partial charge is 0.356 e. The van der Waals surface area contributed by atoms with Crippen LogP contribution in [0.15, 0.2) is 60.8 Å². The van der Waals surface area contributed by atoms with Gasteiger partial charge in [-0.05, 0) is 67.6 Å². The second-order valence-corrected chi connectivity index (χ2v) is 8.72. The van der Waals surface area contributed by atoms with Crippen LogP contribution in [0.3, 0.4) is 0 Å². The summed E-state index contributed by atoms with van der Waals surface area (Å²) < 4.78 is 6.43. The van der Waals surface area contributed by atoms with Crippen LogP contribution in [-0.2, 0) is 16.6 Å². The van der Waals surface area contributed by atoms with Crippen molar-refractivity contribution in [3.05, 3.63) is 77.5 Å². The molecular formula is C26H29N3O2. The first kappa shape index (κ1) is 20.2. The lowest BCUT2D eigenvalue weighted by atomic mass is 9.88. The Balaban J connectivity index is 1.50. The topological polar surface area (TPSA) is 63.2 Å². The molecule has 0 unspecified atom stereocenters. The van der Waals surface area contributed by atoms with Crippen molar-refractivity contribution in [2.75, 3.05) is 13.2 Å². The van der Waals surface area contributed by atoms with Crippen molar-refractivity contribution in [3.8, 4) is 0 Å². The zero-order valence-corrected chi connectivity index (χ0v) is 17.9. The van der Waals surface area contributed by atoms with Crippen molar-refractivity contribution in [2.24, 2.45) is 0 Å². The van der Waals surface area contributed by atoms with Crippen molar-refractivity contribution in [1.29, 1.82) is 0 Å². The molecule has 1 amide bonds. The molecule has 2 heterocycles. The maximum atomic E-state index is 13.1. The highest BCUT2D eigenvalue weighted by atomic mass is 16.5. The highest BCUT2D eigenvalue weighted by Crippen LogP contribution is 2.53. The van der Waals surface area contributed by atoms with Crippen LogP contribution in [-0.4, -0.2) is 36.3 Å². The molecule has 31 heavy (non-hydrogen) atoms. The predicted octanol–water partition coefficient (Wildman–Crippen LogP) is 3.96. The van der Waals surface area contributed by atoms with E-state index in [4.69, 9.17) is 4.74 Å². The lowest BCUT2D eigenvalue weighted by Gasteiger charge is -2.34. The summed E-state index contributed by atoms with van der Waals surface area (Å²) >= 11 is 0. The average Bonchev–Trinajstić information content (AvgIpc) is 3.59. The molecule has 2 fully saturated rings. The summed E-state index contributed by atoms with van der Waals surface area (Å²) in [6, 6.07) is 18.4. The maximum absolute atomic E-state index is 13.1. The molecule has 2 atom stereocenters. The first-order valence-electron chi connectivity index (χ1n) is 11.3. The van der Waals surface area contributed by atoms with Gasteiger partial charge in [0.2, 0.25) is 0 Å². The highest BCUT2D eigenvalue weighted by Gasteiger charge is 2.53. The Labute approximate surface area is 183 Å². The van der Waals surface area contributed by atoms with Crippen LogP contribution in [0.25, 0.3) is 10.9 Å². The number of fused-ring (bicyclic) bond motifs is 1. The van der Waals surface area contributed by atoms with Gasteiger partial charge in [0.15, 0.2) is 0 Å². The fourth-order valence-corrected chi connectivity index (χ4v) is 4.50. The Morgan fingerprint density at radius 3 is 2.71 bits per heavy atom. The van der Waals surface area contributed by atoms with Crippen molar-refractivity contribution in [1.82, 2.24) is 15.6 Å². The van der Waals surface area contributed by atoms with Gasteiger partial charge in [0.1, 0.15) is 6.23 Å². The normalized spacial score (nSPS) is 20.1. The SMILES string of the molecule is CCc1cc(C2([C@@H](NC(=O)c3ccccc3)OC[C@@H]3CCN3)CC2)c2cccnc2c1. The van der Waals surface area contributed by atoms with Crippen molar-refractivity contribution < 1.29 is 9.53 Å². The molecule has 0 radical (unpaired) electrons. The zero-order valence-electron chi connectivity index (χ0n) is 17.9. The van der Waals surface area contributed by atoms with Crippen LogP contribution >= 0.6 is 0 Å². The Kier molecular flexibility index (Phi) is 5.47. The summed E-state index contributed by atoms with van der Waals surface area (Å²) in [6.07, 6.45) is 5.51. The molecule has 5 rings (SSSR count). The standard InChI is InChI=1S/C26H29N3O2/c1-2-18-15-22(21-9-6-13-28-23(21)16-18)26(11-12-26)25(31-17-20-10-14-27-20)29-24(30)19-7-4-3-5-8-19/h3-9,13,15-16,20,25,27H,2,10-12,14,17H2,1H3,(H,29,30)/t20-,25-/m0/s1. The highest BCUT2D eigenvalue weighted by molar-refractivity contribution is 5.94. The zero-order chi connectivity index (χ0) is 21.3. The quantitative estimate of drug-likeness (QED) is 0.547. The van der Waals surface area contributed by atoms with Gasteiger partial charge < -0.3 is 15.4 Å². The molecule has 1 aliphatic carbocycles. The molecule has 3 aromatic rings. The number of carbonyl (C=O) groups is 1. The number of aromatic nitrogens is 1. The summed E-state index contributed by atoms with van der Waals surface area (Å²) in [5, 5.41) is 7.78. The third kappa shape index (κ3) is 3.95. The number of rotatable bonds is 8. The molecule has 2 aliphatic rings. The minimum Gasteiger partial charge on any atom is -0.356 e. The number of aryl methyl sites for hydroxylation is 1. The minimum absolute atomic E-state index is 0.0903. The molecular weight excluding hydrogens is 386 g/mol. The summed E-state index contributed by atoms with van der Waals surface area (Å²) in [4.78, 5) is 17.7. The van der Waals surface area contributed by atoms with Gasteiger partial charge in [0, 0.05) is 28.6 Å². The number of hydrogen-bond acceptors (Lipinski definition) is 4. The lowest BCUT2D eigenvalue weighted by Crippen LogP contribution is -2.51. The number of ether oxygens (including phenoxy) is 1. The minimum atomic E-state index is -0.377. The fourth-order valence-electron chi connectivity index (χ4n) is 4.50. The van der Waals surface area contributed by atoms with E-state index in [1.807, 2.05) is 42.6 Å². The summed E-state index contributed by atoms with van der Waals surface area (Å²) in [7, 11) is 0. The van der Waals surface area contributed by atoms with E-state index in [9.17, 15) is 4.79 Å². The van der Waals surface area contributed by atoms with Crippen LogP contribution < -0.4 is 10.6 Å². The number of nitrogens with one attached hydrogen (secondary N) is 2. The molecule has 1 saturated carbocycles. The number of benzene rings is 2. The van der Waals surface area contributed by atoms with Crippen LogP contribution in [0, 0.1) is 0 Å². The van der Waals surface area contributed by atoms with E-state index in [0.717, 1.165) is 43.1 Å². The first-order valence-corrected chi connectivity index (χ1v) is 11.3. The predicted molar refractivity (Wildman–Crippen MR) is 122 cm³/mol. The molecule has 5 heteroatoms. The molecule has 5 nitrogen and oxygen atoms in total. The van der Waals surface area contributed by atoms with Crippen LogP contribution in [0.2, 0.25) is 0 Å². The Morgan fingerprint density at radius 2 is 2.03 bits per heavy atom. The molecule has 1 aromatic heterocycles. The Hall–Kier alpha value is -2.76. The second-order valence-electron chi connectivity index (χ2n) is 8.72.